The topological polar surface area (TPSA) is 85.3 Å². The maximum atomic E-state index is 11.8. The third kappa shape index (κ3) is 5.01. The Kier molecular flexibility index (Phi) is 6.87. The van der Waals surface area contributed by atoms with Gasteiger partial charge in [0, 0.05) is 54.6 Å². The molecule has 2 heterocycles. The van der Waals surface area contributed by atoms with Gasteiger partial charge >= 0.3 is 0 Å². The van der Waals surface area contributed by atoms with Crippen LogP contribution in [0.5, 0.6) is 0 Å². The van der Waals surface area contributed by atoms with Gasteiger partial charge in [-0.1, -0.05) is 31.4 Å². The molecule has 0 amide bonds. The zero-order valence-electron chi connectivity index (χ0n) is 16.1. The number of hydrogen-bond donors (Lipinski definition) is 2. The number of nitrogens with two attached hydrogens (primary N) is 1. The highest BCUT2D eigenvalue weighted by atomic mass is 35.5. The van der Waals surface area contributed by atoms with E-state index in [1.807, 2.05) is 13.0 Å². The monoisotopic (exact) mass is 399 g/mol. The van der Waals surface area contributed by atoms with Crippen LogP contribution in [0.1, 0.15) is 44.6 Å². The molecule has 148 valence electrons. The molecule has 6 nitrogen and oxygen atoms in total. The Labute approximate surface area is 170 Å². The van der Waals surface area contributed by atoms with Gasteiger partial charge in [-0.3, -0.25) is 9.79 Å². The second kappa shape index (κ2) is 9.55. The molecule has 0 aliphatic heterocycles. The maximum absolute atomic E-state index is 11.8. The summed E-state index contributed by atoms with van der Waals surface area (Å²) in [5, 5.41) is 4.00. The minimum atomic E-state index is -0.0343. The van der Waals surface area contributed by atoms with Gasteiger partial charge in [-0.2, -0.15) is 0 Å². The molecule has 3 N–H and O–H groups in total. The normalized spacial score (nSPS) is 15.4. The molecule has 1 fully saturated rings. The van der Waals surface area contributed by atoms with Crippen molar-refractivity contribution >= 4 is 34.9 Å². The van der Waals surface area contributed by atoms with E-state index in [1.165, 1.54) is 37.9 Å². The van der Waals surface area contributed by atoms with E-state index < -0.39 is 0 Å². The molecular formula is C21H26ClN5O. The molecule has 2 aromatic rings. The molecule has 3 rings (SSSR count). The minimum absolute atomic E-state index is 0.0343. The van der Waals surface area contributed by atoms with Crippen LogP contribution in [0.3, 0.4) is 0 Å². The Balaban J connectivity index is 1.77. The molecule has 0 saturated heterocycles. The fourth-order valence-electron chi connectivity index (χ4n) is 3.36. The van der Waals surface area contributed by atoms with Crippen molar-refractivity contribution in [3.05, 3.63) is 57.7 Å². The Hall–Kier alpha value is -2.60. The van der Waals surface area contributed by atoms with E-state index in [1.54, 1.807) is 29.2 Å². The van der Waals surface area contributed by atoms with Crippen molar-refractivity contribution in [3.8, 4) is 0 Å². The van der Waals surface area contributed by atoms with E-state index in [0.717, 1.165) is 12.2 Å². The number of anilines is 1. The fourth-order valence-corrected chi connectivity index (χ4v) is 3.62. The summed E-state index contributed by atoms with van der Waals surface area (Å²) in [6.45, 7) is 2.69. The fraction of sp³-hybridized carbons (Fsp3) is 0.381. The smallest absolute Gasteiger partial charge is 0.250 e. The Bertz CT molecular complexity index is 929. The van der Waals surface area contributed by atoms with Crippen LogP contribution in [-0.4, -0.2) is 21.8 Å². The van der Waals surface area contributed by atoms with Crippen molar-refractivity contribution in [1.82, 2.24) is 9.55 Å². The van der Waals surface area contributed by atoms with Gasteiger partial charge in [0.15, 0.2) is 0 Å². The summed E-state index contributed by atoms with van der Waals surface area (Å²) in [7, 11) is 0. The summed E-state index contributed by atoms with van der Waals surface area (Å²) in [6.07, 6.45) is 12.3. The third-order valence-corrected chi connectivity index (χ3v) is 5.15. The summed E-state index contributed by atoms with van der Waals surface area (Å²) in [5.41, 5.74) is 7.82. The first-order valence-electron chi connectivity index (χ1n) is 9.69. The maximum Gasteiger partial charge on any atom is 0.250 e. The predicted octanol–water partition coefficient (Wildman–Crippen LogP) is 4.36. The van der Waals surface area contributed by atoms with Gasteiger partial charge in [-0.05, 0) is 31.4 Å². The SMILES string of the molecule is CCCn1cc(N=CC(=CN)c2cnc(NC3CCCC3)cc2Cl)ccc1=O. The second-order valence-corrected chi connectivity index (χ2v) is 7.38. The first-order chi connectivity index (χ1) is 13.6. The number of pyridine rings is 2. The molecule has 7 heteroatoms. The number of rotatable bonds is 7. The van der Waals surface area contributed by atoms with Gasteiger partial charge in [0.05, 0.1) is 10.7 Å². The number of nitrogens with one attached hydrogen (secondary N) is 1. The van der Waals surface area contributed by atoms with E-state index in [2.05, 4.69) is 15.3 Å². The van der Waals surface area contributed by atoms with Crippen LogP contribution in [0.25, 0.3) is 5.57 Å². The average molecular weight is 400 g/mol. The Morgan fingerprint density at radius 2 is 2.21 bits per heavy atom. The van der Waals surface area contributed by atoms with Crippen LogP contribution < -0.4 is 16.6 Å². The molecule has 0 bridgehead atoms. The molecule has 1 saturated carbocycles. The van der Waals surface area contributed by atoms with Crippen LogP contribution in [-0.2, 0) is 6.54 Å². The first kappa shape index (κ1) is 20.1. The molecule has 0 unspecified atom stereocenters. The number of hydrogen-bond acceptors (Lipinski definition) is 5. The van der Waals surface area contributed by atoms with E-state index in [-0.39, 0.29) is 5.56 Å². The highest BCUT2D eigenvalue weighted by Crippen LogP contribution is 2.27. The molecule has 28 heavy (non-hydrogen) atoms. The van der Waals surface area contributed by atoms with Gasteiger partial charge < -0.3 is 15.6 Å². The number of allylic oxidation sites excluding steroid dienone is 1. The van der Waals surface area contributed by atoms with Crippen LogP contribution >= 0.6 is 11.6 Å². The lowest BCUT2D eigenvalue weighted by Crippen LogP contribution is -2.17. The minimum Gasteiger partial charge on any atom is -0.404 e. The van der Waals surface area contributed by atoms with Crippen molar-refractivity contribution in [1.29, 1.82) is 0 Å². The van der Waals surface area contributed by atoms with E-state index >= 15 is 0 Å². The van der Waals surface area contributed by atoms with Gasteiger partial charge in [-0.15, -0.1) is 0 Å². The molecule has 2 aromatic heterocycles. The van der Waals surface area contributed by atoms with Gasteiger partial charge in [-0.25, -0.2) is 4.98 Å². The molecular weight excluding hydrogens is 374 g/mol. The van der Waals surface area contributed by atoms with Crippen LogP contribution in [0.4, 0.5) is 11.5 Å². The van der Waals surface area contributed by atoms with Gasteiger partial charge in [0.1, 0.15) is 5.82 Å². The molecule has 0 aromatic carbocycles. The molecule has 1 aliphatic carbocycles. The largest absolute Gasteiger partial charge is 0.404 e. The van der Waals surface area contributed by atoms with Crippen LogP contribution in [0.15, 0.2) is 46.6 Å². The zero-order chi connectivity index (χ0) is 19.9. The Morgan fingerprint density at radius 3 is 2.89 bits per heavy atom. The predicted molar refractivity (Wildman–Crippen MR) is 116 cm³/mol. The van der Waals surface area contributed by atoms with E-state index in [0.29, 0.717) is 34.4 Å². The van der Waals surface area contributed by atoms with Crippen LogP contribution in [0, 0.1) is 0 Å². The van der Waals surface area contributed by atoms with E-state index in [9.17, 15) is 4.79 Å². The molecule has 0 atom stereocenters. The van der Waals surface area contributed by atoms with Gasteiger partial charge in [0.2, 0.25) is 0 Å². The van der Waals surface area contributed by atoms with E-state index in [4.69, 9.17) is 17.3 Å². The van der Waals surface area contributed by atoms with Gasteiger partial charge in [0.25, 0.3) is 5.56 Å². The summed E-state index contributed by atoms with van der Waals surface area (Å²) < 4.78 is 1.65. The molecule has 0 spiro atoms. The lowest BCUT2D eigenvalue weighted by Gasteiger charge is -2.14. The second-order valence-electron chi connectivity index (χ2n) is 6.97. The van der Waals surface area contributed by atoms with Crippen LogP contribution in [0.2, 0.25) is 5.02 Å². The van der Waals surface area contributed by atoms with Crippen molar-refractivity contribution in [2.75, 3.05) is 5.32 Å². The third-order valence-electron chi connectivity index (χ3n) is 4.84. The number of aromatic nitrogens is 2. The molecule has 1 aliphatic rings. The standard InChI is InChI=1S/C21H26ClN5O/c1-2-9-27-14-17(7-8-21(27)28)24-12-15(11-23)18-13-25-20(10-19(18)22)26-16-5-3-4-6-16/h7-8,10-14,16H,2-6,9,23H2,1H3,(H,25,26). The summed E-state index contributed by atoms with van der Waals surface area (Å²) in [5.74, 6) is 0.778. The number of aliphatic imine (C=N–C) groups is 1. The highest BCUT2D eigenvalue weighted by molar-refractivity contribution is 6.34. The van der Waals surface area contributed by atoms with Crippen molar-refractivity contribution < 1.29 is 0 Å². The summed E-state index contributed by atoms with van der Waals surface area (Å²) in [6, 6.07) is 5.51. The quantitative estimate of drug-likeness (QED) is 0.677. The Morgan fingerprint density at radius 1 is 1.43 bits per heavy atom. The number of halogens is 1. The zero-order valence-corrected chi connectivity index (χ0v) is 16.8. The lowest BCUT2D eigenvalue weighted by molar-refractivity contribution is 0.655. The highest BCUT2D eigenvalue weighted by Gasteiger charge is 2.16. The lowest BCUT2D eigenvalue weighted by atomic mass is 10.1. The number of aryl methyl sites for hydroxylation is 1. The first-order valence-corrected chi connectivity index (χ1v) is 10.1. The molecule has 0 radical (unpaired) electrons. The summed E-state index contributed by atoms with van der Waals surface area (Å²) >= 11 is 6.47. The number of nitrogens with zero attached hydrogens (tertiary/aromatic N) is 3. The summed E-state index contributed by atoms with van der Waals surface area (Å²) in [4.78, 5) is 20.8. The van der Waals surface area contributed by atoms with Crippen molar-refractivity contribution in [3.63, 3.8) is 0 Å². The van der Waals surface area contributed by atoms with Crippen molar-refractivity contribution in [2.24, 2.45) is 10.7 Å². The average Bonchev–Trinajstić information content (AvgIpc) is 3.19. The van der Waals surface area contributed by atoms with Crippen molar-refractivity contribution in [2.45, 2.75) is 51.6 Å².